The Labute approximate surface area is 175 Å². The lowest BCUT2D eigenvalue weighted by atomic mass is 10.0. The Bertz CT molecular complexity index is 1090. The first-order valence-corrected chi connectivity index (χ1v) is 9.98. The van der Waals surface area contributed by atoms with Crippen LogP contribution in [0.25, 0.3) is 17.5 Å². The van der Waals surface area contributed by atoms with Gasteiger partial charge in [-0.15, -0.1) is 0 Å². The molecule has 0 saturated carbocycles. The highest BCUT2D eigenvalue weighted by atomic mass is 15.4. The molecule has 0 saturated heterocycles. The molecule has 4 heterocycles. The third-order valence-electron chi connectivity index (χ3n) is 5.14. The van der Waals surface area contributed by atoms with Crippen LogP contribution in [0, 0.1) is 10.8 Å². The van der Waals surface area contributed by atoms with Gasteiger partial charge >= 0.3 is 0 Å². The van der Waals surface area contributed by atoms with Crippen molar-refractivity contribution >= 4 is 23.2 Å². The van der Waals surface area contributed by atoms with Gasteiger partial charge in [0.25, 0.3) is 0 Å². The minimum Gasteiger partial charge on any atom is -0.342 e. The molecule has 0 radical (unpaired) electrons. The van der Waals surface area contributed by atoms with E-state index >= 15 is 0 Å². The Balaban J connectivity index is 1.89. The van der Waals surface area contributed by atoms with Gasteiger partial charge in [0.2, 0.25) is 5.95 Å². The molecule has 0 aliphatic carbocycles. The van der Waals surface area contributed by atoms with E-state index in [4.69, 9.17) is 15.8 Å². The molecule has 1 atom stereocenters. The normalized spacial score (nSPS) is 16.2. The van der Waals surface area contributed by atoms with Gasteiger partial charge in [-0.3, -0.25) is 25.3 Å². The maximum absolute atomic E-state index is 8.69. The van der Waals surface area contributed by atoms with Crippen molar-refractivity contribution < 1.29 is 0 Å². The van der Waals surface area contributed by atoms with Crippen molar-refractivity contribution in [2.24, 2.45) is 0 Å². The van der Waals surface area contributed by atoms with Gasteiger partial charge in [-0.2, -0.15) is 4.98 Å². The molecule has 3 aromatic rings. The lowest BCUT2D eigenvalue weighted by Crippen LogP contribution is -2.56. The van der Waals surface area contributed by atoms with Crippen LogP contribution >= 0.6 is 0 Å². The summed E-state index contributed by atoms with van der Waals surface area (Å²) < 4.78 is 1.81. The summed E-state index contributed by atoms with van der Waals surface area (Å²) in [6.07, 6.45) is 7.67. The molecule has 0 unspecified atom stereocenters. The van der Waals surface area contributed by atoms with Gasteiger partial charge in [-0.05, 0) is 39.3 Å². The largest absolute Gasteiger partial charge is 0.342 e. The van der Waals surface area contributed by atoms with Gasteiger partial charge in [-0.1, -0.05) is 13.0 Å². The topological polar surface area (TPSA) is 111 Å². The third-order valence-corrected chi connectivity index (χ3v) is 5.14. The van der Waals surface area contributed by atoms with E-state index in [9.17, 15) is 0 Å². The van der Waals surface area contributed by atoms with E-state index in [1.165, 1.54) is 0 Å². The summed E-state index contributed by atoms with van der Waals surface area (Å²) in [5, 5.41) is 16.9. The standard InChI is InChI=1S/C21H25N9/c1-5-16-18(23)30(14(4)22)17-12-26-21(27-20(17)29(16)13(2)3)28-11-10-25-19(28)15-8-6-7-9-24-15/h6-13,16,22-23H,5H2,1-4H3/t16-/m1/s1. The minimum absolute atomic E-state index is 0.128. The molecule has 154 valence electrons. The highest BCUT2D eigenvalue weighted by molar-refractivity contribution is 6.21. The summed E-state index contributed by atoms with van der Waals surface area (Å²) in [5.41, 5.74) is 1.38. The van der Waals surface area contributed by atoms with Crippen LogP contribution in [0.4, 0.5) is 11.5 Å². The van der Waals surface area contributed by atoms with E-state index in [1.54, 1.807) is 30.4 Å². The van der Waals surface area contributed by atoms with Crippen LogP contribution in [0.15, 0.2) is 43.0 Å². The summed E-state index contributed by atoms with van der Waals surface area (Å²) in [7, 11) is 0. The predicted octanol–water partition coefficient (Wildman–Crippen LogP) is 3.51. The third kappa shape index (κ3) is 3.12. The summed E-state index contributed by atoms with van der Waals surface area (Å²) in [6, 6.07) is 5.63. The van der Waals surface area contributed by atoms with Gasteiger partial charge in [0.15, 0.2) is 11.6 Å². The van der Waals surface area contributed by atoms with Gasteiger partial charge in [-0.25, -0.2) is 9.97 Å². The van der Waals surface area contributed by atoms with Crippen LogP contribution in [0.5, 0.6) is 0 Å². The second-order valence-electron chi connectivity index (χ2n) is 7.45. The highest BCUT2D eigenvalue weighted by Crippen LogP contribution is 2.37. The van der Waals surface area contributed by atoms with Gasteiger partial charge in [0, 0.05) is 24.6 Å². The van der Waals surface area contributed by atoms with Crippen molar-refractivity contribution in [1.82, 2.24) is 24.5 Å². The molecule has 30 heavy (non-hydrogen) atoms. The summed E-state index contributed by atoms with van der Waals surface area (Å²) in [5.74, 6) is 2.49. The first-order valence-electron chi connectivity index (χ1n) is 9.98. The molecular formula is C21H25N9. The monoisotopic (exact) mass is 403 g/mol. The van der Waals surface area contributed by atoms with E-state index in [1.807, 2.05) is 35.9 Å². The SMILES string of the molecule is CC[C@@H]1C(=N)N(C(C)=N)c2cnc(-n3ccnc3-c3ccccn3)nc2N1C(C)C. The molecular weight excluding hydrogens is 378 g/mol. The Kier molecular flexibility index (Phi) is 5.03. The van der Waals surface area contributed by atoms with Gasteiger partial charge in [0.05, 0.1) is 12.2 Å². The molecule has 0 bridgehead atoms. The van der Waals surface area contributed by atoms with E-state index in [0.29, 0.717) is 29.1 Å². The van der Waals surface area contributed by atoms with Crippen molar-refractivity contribution in [2.45, 2.75) is 46.2 Å². The van der Waals surface area contributed by atoms with E-state index in [0.717, 1.165) is 12.1 Å². The summed E-state index contributed by atoms with van der Waals surface area (Å²) in [4.78, 5) is 22.0. The molecule has 9 heteroatoms. The second kappa shape index (κ2) is 7.66. The highest BCUT2D eigenvalue weighted by Gasteiger charge is 2.38. The zero-order valence-corrected chi connectivity index (χ0v) is 17.5. The lowest BCUT2D eigenvalue weighted by Gasteiger charge is -2.45. The zero-order chi connectivity index (χ0) is 21.4. The number of hydrogen-bond donors (Lipinski definition) is 2. The molecule has 3 aromatic heterocycles. The Morgan fingerprint density at radius 2 is 1.97 bits per heavy atom. The molecule has 1 aliphatic rings. The second-order valence-corrected chi connectivity index (χ2v) is 7.45. The minimum atomic E-state index is -0.168. The van der Waals surface area contributed by atoms with Crippen molar-refractivity contribution in [3.8, 4) is 17.5 Å². The molecule has 9 nitrogen and oxygen atoms in total. The van der Waals surface area contributed by atoms with Crippen molar-refractivity contribution in [3.63, 3.8) is 0 Å². The fourth-order valence-electron chi connectivity index (χ4n) is 3.88. The number of rotatable bonds is 4. The van der Waals surface area contributed by atoms with Crippen molar-refractivity contribution in [3.05, 3.63) is 43.0 Å². The number of hydrogen-bond acceptors (Lipinski definition) is 7. The first kappa shape index (κ1) is 19.7. The van der Waals surface area contributed by atoms with Crippen LogP contribution in [-0.4, -0.2) is 48.3 Å². The Hall–Kier alpha value is -3.62. The average molecular weight is 403 g/mol. The van der Waals surface area contributed by atoms with Crippen LogP contribution in [-0.2, 0) is 0 Å². The predicted molar refractivity (Wildman–Crippen MR) is 118 cm³/mol. The van der Waals surface area contributed by atoms with Gasteiger partial charge < -0.3 is 4.90 Å². The molecule has 0 aromatic carbocycles. The summed E-state index contributed by atoms with van der Waals surface area (Å²) in [6.45, 7) is 7.91. The number of imidazole rings is 1. The molecule has 0 spiro atoms. The molecule has 0 amide bonds. The van der Waals surface area contributed by atoms with Gasteiger partial charge in [0.1, 0.15) is 23.1 Å². The maximum Gasteiger partial charge on any atom is 0.237 e. The fourth-order valence-corrected chi connectivity index (χ4v) is 3.88. The van der Waals surface area contributed by atoms with Crippen LogP contribution < -0.4 is 9.80 Å². The fraction of sp³-hybridized carbons (Fsp3) is 0.333. The average Bonchev–Trinajstić information content (AvgIpc) is 3.22. The Morgan fingerprint density at radius 1 is 1.17 bits per heavy atom. The smallest absolute Gasteiger partial charge is 0.237 e. The number of nitrogens with one attached hydrogen (secondary N) is 2. The number of anilines is 2. The van der Waals surface area contributed by atoms with E-state index < -0.39 is 0 Å². The summed E-state index contributed by atoms with van der Waals surface area (Å²) >= 11 is 0. The van der Waals surface area contributed by atoms with Crippen LogP contribution in [0.2, 0.25) is 0 Å². The van der Waals surface area contributed by atoms with E-state index in [2.05, 4.69) is 33.7 Å². The quantitative estimate of drug-likeness (QED) is 0.509. The Morgan fingerprint density at radius 3 is 2.60 bits per heavy atom. The lowest BCUT2D eigenvalue weighted by molar-refractivity contribution is 0.596. The molecule has 0 fully saturated rings. The molecule has 4 rings (SSSR count). The van der Waals surface area contributed by atoms with Crippen molar-refractivity contribution in [2.75, 3.05) is 9.80 Å². The van der Waals surface area contributed by atoms with E-state index in [-0.39, 0.29) is 17.9 Å². The first-order chi connectivity index (χ1) is 14.4. The number of pyridine rings is 1. The zero-order valence-electron chi connectivity index (χ0n) is 17.5. The number of amidine groups is 2. The maximum atomic E-state index is 8.69. The van der Waals surface area contributed by atoms with Crippen LogP contribution in [0.3, 0.4) is 0 Å². The molecule has 2 N–H and O–H groups in total. The van der Waals surface area contributed by atoms with Crippen molar-refractivity contribution in [1.29, 1.82) is 10.8 Å². The number of aromatic nitrogens is 5. The number of fused-ring (bicyclic) bond motifs is 1. The molecule has 1 aliphatic heterocycles. The number of nitrogens with zero attached hydrogens (tertiary/aromatic N) is 7. The van der Waals surface area contributed by atoms with Crippen LogP contribution in [0.1, 0.15) is 34.1 Å².